The van der Waals surface area contributed by atoms with E-state index in [1.807, 2.05) is 25.2 Å². The van der Waals surface area contributed by atoms with Crippen LogP contribution >= 0.6 is 24.0 Å². The molecule has 1 N–H and O–H groups in total. The molecule has 2 saturated heterocycles. The van der Waals surface area contributed by atoms with Gasteiger partial charge < -0.3 is 19.5 Å². The molecule has 0 amide bonds. The molecule has 176 valence electrons. The first-order valence-electron chi connectivity index (χ1n) is 10.9. The van der Waals surface area contributed by atoms with Crippen LogP contribution in [0.4, 0.5) is 4.39 Å². The summed E-state index contributed by atoms with van der Waals surface area (Å²) < 4.78 is 23.9. The number of aliphatic imine (C=N–C) groups is 1. The molecule has 1 unspecified atom stereocenters. The van der Waals surface area contributed by atoms with Crippen molar-refractivity contribution in [2.24, 2.45) is 4.99 Å². The molecule has 10 heteroatoms. The third kappa shape index (κ3) is 6.63. The SMILES string of the molecule is CN=C(NCC(c1ccc(F)cc1)N1CCOCC1)N1CCN(Cc2ccon2)CC1.I. The first-order valence-corrected chi connectivity index (χ1v) is 10.9. The zero-order valence-corrected chi connectivity index (χ0v) is 20.8. The second-order valence-electron chi connectivity index (χ2n) is 7.90. The quantitative estimate of drug-likeness (QED) is 0.331. The molecule has 2 aromatic rings. The van der Waals surface area contributed by atoms with Crippen LogP contribution in [0.2, 0.25) is 0 Å². The summed E-state index contributed by atoms with van der Waals surface area (Å²) in [6.45, 7) is 8.37. The van der Waals surface area contributed by atoms with E-state index in [4.69, 9.17) is 9.26 Å². The summed E-state index contributed by atoms with van der Waals surface area (Å²) in [5, 5.41) is 7.57. The number of guanidine groups is 1. The van der Waals surface area contributed by atoms with Crippen LogP contribution < -0.4 is 5.32 Å². The molecular formula is C22H32FIN6O2. The maximum Gasteiger partial charge on any atom is 0.193 e. The smallest absolute Gasteiger partial charge is 0.193 e. The lowest BCUT2D eigenvalue weighted by molar-refractivity contribution is 0.0168. The number of nitrogens with one attached hydrogen (secondary N) is 1. The fraction of sp³-hybridized carbons (Fsp3) is 0.545. The number of nitrogens with zero attached hydrogens (tertiary/aromatic N) is 5. The predicted molar refractivity (Wildman–Crippen MR) is 132 cm³/mol. The van der Waals surface area contributed by atoms with Crippen molar-refractivity contribution in [3.05, 3.63) is 53.7 Å². The monoisotopic (exact) mass is 558 g/mol. The summed E-state index contributed by atoms with van der Waals surface area (Å²) in [4.78, 5) is 11.6. The summed E-state index contributed by atoms with van der Waals surface area (Å²) in [6, 6.07) is 8.87. The molecule has 2 fully saturated rings. The number of ether oxygens (including phenoxy) is 1. The molecule has 0 spiro atoms. The van der Waals surface area contributed by atoms with Crippen molar-refractivity contribution in [2.75, 3.05) is 66.1 Å². The number of halogens is 2. The van der Waals surface area contributed by atoms with Gasteiger partial charge in [-0.1, -0.05) is 17.3 Å². The molecule has 1 aromatic heterocycles. The molecule has 2 aliphatic rings. The van der Waals surface area contributed by atoms with Gasteiger partial charge in [0.25, 0.3) is 0 Å². The molecule has 2 aliphatic heterocycles. The van der Waals surface area contributed by atoms with E-state index in [2.05, 4.69) is 30.2 Å². The number of piperazine rings is 1. The third-order valence-corrected chi connectivity index (χ3v) is 5.96. The Morgan fingerprint density at radius 3 is 2.44 bits per heavy atom. The van der Waals surface area contributed by atoms with Crippen LogP contribution in [0.25, 0.3) is 0 Å². The van der Waals surface area contributed by atoms with Gasteiger partial charge in [-0.15, -0.1) is 24.0 Å². The molecule has 0 aliphatic carbocycles. The van der Waals surface area contributed by atoms with E-state index >= 15 is 0 Å². The lowest BCUT2D eigenvalue weighted by Gasteiger charge is -2.38. The second kappa shape index (κ2) is 12.5. The average Bonchev–Trinajstić information content (AvgIpc) is 3.32. The molecule has 1 aromatic carbocycles. The van der Waals surface area contributed by atoms with Crippen molar-refractivity contribution in [3.63, 3.8) is 0 Å². The lowest BCUT2D eigenvalue weighted by atomic mass is 10.0. The van der Waals surface area contributed by atoms with Gasteiger partial charge in [-0.2, -0.15) is 0 Å². The van der Waals surface area contributed by atoms with Crippen LogP contribution in [0.5, 0.6) is 0 Å². The summed E-state index contributed by atoms with van der Waals surface area (Å²) in [5.41, 5.74) is 2.06. The van der Waals surface area contributed by atoms with Crippen LogP contribution in [-0.4, -0.2) is 91.9 Å². The predicted octanol–water partition coefficient (Wildman–Crippen LogP) is 2.20. The van der Waals surface area contributed by atoms with Gasteiger partial charge in [0.05, 0.1) is 24.9 Å². The van der Waals surface area contributed by atoms with Crippen molar-refractivity contribution >= 4 is 29.9 Å². The Morgan fingerprint density at radius 2 is 1.81 bits per heavy atom. The summed E-state index contributed by atoms with van der Waals surface area (Å²) >= 11 is 0. The fourth-order valence-corrected chi connectivity index (χ4v) is 4.22. The van der Waals surface area contributed by atoms with E-state index in [0.717, 1.165) is 76.2 Å². The zero-order valence-electron chi connectivity index (χ0n) is 18.5. The van der Waals surface area contributed by atoms with E-state index in [1.54, 1.807) is 6.26 Å². The first kappa shape index (κ1) is 24.9. The molecule has 1 atom stereocenters. The van der Waals surface area contributed by atoms with E-state index < -0.39 is 0 Å². The molecule has 0 saturated carbocycles. The normalized spacial score (nSPS) is 19.4. The highest BCUT2D eigenvalue weighted by molar-refractivity contribution is 14.0. The van der Waals surface area contributed by atoms with E-state index in [9.17, 15) is 4.39 Å². The number of hydrogen-bond donors (Lipinski definition) is 1. The summed E-state index contributed by atoms with van der Waals surface area (Å²) in [6.07, 6.45) is 1.61. The molecule has 0 bridgehead atoms. The number of aromatic nitrogens is 1. The maximum absolute atomic E-state index is 13.5. The van der Waals surface area contributed by atoms with Gasteiger partial charge in [0, 0.05) is 65.5 Å². The Kier molecular flexibility index (Phi) is 9.69. The Labute approximate surface area is 205 Å². The zero-order chi connectivity index (χ0) is 21.5. The molecular weight excluding hydrogens is 526 g/mol. The van der Waals surface area contributed by atoms with Gasteiger partial charge in [0.2, 0.25) is 0 Å². The van der Waals surface area contributed by atoms with Gasteiger partial charge in [-0.3, -0.25) is 14.8 Å². The van der Waals surface area contributed by atoms with Crippen molar-refractivity contribution in [1.82, 2.24) is 25.2 Å². The van der Waals surface area contributed by atoms with Crippen molar-refractivity contribution in [2.45, 2.75) is 12.6 Å². The Morgan fingerprint density at radius 1 is 1.09 bits per heavy atom. The fourth-order valence-electron chi connectivity index (χ4n) is 4.22. The summed E-state index contributed by atoms with van der Waals surface area (Å²) in [7, 11) is 1.83. The van der Waals surface area contributed by atoms with Crippen molar-refractivity contribution in [1.29, 1.82) is 0 Å². The number of benzene rings is 1. The van der Waals surface area contributed by atoms with Gasteiger partial charge in [-0.05, 0) is 17.7 Å². The highest BCUT2D eigenvalue weighted by atomic mass is 127. The van der Waals surface area contributed by atoms with Gasteiger partial charge in [0.1, 0.15) is 12.1 Å². The summed E-state index contributed by atoms with van der Waals surface area (Å²) in [5.74, 6) is 0.693. The highest BCUT2D eigenvalue weighted by Gasteiger charge is 2.25. The molecule has 4 rings (SSSR count). The van der Waals surface area contributed by atoms with E-state index in [1.165, 1.54) is 12.1 Å². The standard InChI is InChI=1S/C22H31FN6O2.HI/c1-24-22(29-9-7-27(8-10-29)17-20-6-13-31-26-20)25-16-21(28-11-14-30-15-12-28)18-2-4-19(23)5-3-18;/h2-6,13,21H,7-12,14-17H2,1H3,(H,24,25);1H. The lowest BCUT2D eigenvalue weighted by Crippen LogP contribution is -2.53. The van der Waals surface area contributed by atoms with Gasteiger partial charge in [-0.25, -0.2) is 4.39 Å². The topological polar surface area (TPSA) is 69.4 Å². The van der Waals surface area contributed by atoms with E-state index in [0.29, 0.717) is 6.54 Å². The van der Waals surface area contributed by atoms with Crippen LogP contribution in [0, 0.1) is 5.82 Å². The second-order valence-corrected chi connectivity index (χ2v) is 7.90. The van der Waals surface area contributed by atoms with Crippen LogP contribution in [0.1, 0.15) is 17.3 Å². The minimum Gasteiger partial charge on any atom is -0.379 e. The largest absolute Gasteiger partial charge is 0.379 e. The molecule has 0 radical (unpaired) electrons. The van der Waals surface area contributed by atoms with Gasteiger partial charge in [0.15, 0.2) is 5.96 Å². The van der Waals surface area contributed by atoms with Crippen LogP contribution in [-0.2, 0) is 11.3 Å². The van der Waals surface area contributed by atoms with E-state index in [-0.39, 0.29) is 35.8 Å². The highest BCUT2D eigenvalue weighted by Crippen LogP contribution is 2.22. The minimum absolute atomic E-state index is 0. The first-order chi connectivity index (χ1) is 15.2. The average molecular weight is 558 g/mol. The molecule has 32 heavy (non-hydrogen) atoms. The third-order valence-electron chi connectivity index (χ3n) is 5.96. The van der Waals surface area contributed by atoms with Crippen molar-refractivity contribution < 1.29 is 13.7 Å². The Bertz CT molecular complexity index is 821. The molecule has 8 nitrogen and oxygen atoms in total. The number of hydrogen-bond acceptors (Lipinski definition) is 6. The molecule has 3 heterocycles. The van der Waals surface area contributed by atoms with Crippen molar-refractivity contribution in [3.8, 4) is 0 Å². The van der Waals surface area contributed by atoms with Crippen LogP contribution in [0.15, 0.2) is 46.1 Å². The minimum atomic E-state index is -0.211. The van der Waals surface area contributed by atoms with Crippen LogP contribution in [0.3, 0.4) is 0 Å². The maximum atomic E-state index is 13.5. The van der Waals surface area contributed by atoms with Gasteiger partial charge >= 0.3 is 0 Å². The number of rotatable bonds is 6. The Hall–Kier alpha value is -1.76. The number of morpholine rings is 1. The Balaban J connectivity index is 0.00000289.